The Hall–Kier alpha value is -4.69. The van der Waals surface area contributed by atoms with Crippen molar-refractivity contribution in [3.8, 4) is 11.3 Å². The summed E-state index contributed by atoms with van der Waals surface area (Å²) in [6.45, 7) is 0.774. The fourth-order valence-corrected chi connectivity index (χ4v) is 5.57. The standard InChI is InChI=1S/C28H25F5N8O2/c29-27(30)11-18(12-27)26(43)40-9-1-2-17(13-40)24-39-21(22-23(34)36-14-37-41(22)24)15-3-5-16(6-4-15)25(42)38-20-10-19(7-8-35-20)28(31,32)33/h3-8,10,14,17-18H,1-2,9,11-13H2,(H2,34,36,37)(H,35,38,42). The van der Waals surface area contributed by atoms with Gasteiger partial charge in [-0.1, -0.05) is 12.1 Å². The summed E-state index contributed by atoms with van der Waals surface area (Å²) >= 11 is 0. The summed E-state index contributed by atoms with van der Waals surface area (Å²) in [5.74, 6) is -4.20. The SMILES string of the molecule is Nc1ncnn2c(C3CCCN(C(=O)C4CC(F)(F)C4)C3)nc(-c3ccc(C(=O)Nc4cc(C(F)(F)F)ccn4)cc3)c12. The van der Waals surface area contributed by atoms with Crippen molar-refractivity contribution < 1.29 is 31.5 Å². The monoisotopic (exact) mass is 600 g/mol. The highest BCUT2D eigenvalue weighted by Gasteiger charge is 2.50. The van der Waals surface area contributed by atoms with Crippen molar-refractivity contribution in [2.45, 2.75) is 43.7 Å². The molecule has 2 fully saturated rings. The molecular weight excluding hydrogens is 575 g/mol. The number of nitrogens with two attached hydrogens (primary N) is 1. The van der Waals surface area contributed by atoms with Crippen LogP contribution in [0.1, 0.15) is 53.3 Å². The summed E-state index contributed by atoms with van der Waals surface area (Å²) in [5.41, 5.74) is 6.86. The lowest BCUT2D eigenvalue weighted by molar-refractivity contribution is -0.160. The largest absolute Gasteiger partial charge is 0.416 e. The van der Waals surface area contributed by atoms with E-state index in [0.29, 0.717) is 48.5 Å². The molecule has 0 radical (unpaired) electrons. The van der Waals surface area contributed by atoms with E-state index in [4.69, 9.17) is 10.7 Å². The quantitative estimate of drug-likeness (QED) is 0.315. The van der Waals surface area contributed by atoms with Gasteiger partial charge >= 0.3 is 6.18 Å². The number of anilines is 2. The van der Waals surface area contributed by atoms with Gasteiger partial charge in [0.1, 0.15) is 29.2 Å². The lowest BCUT2D eigenvalue weighted by Crippen LogP contribution is -2.49. The van der Waals surface area contributed by atoms with Crippen molar-refractivity contribution in [2.24, 2.45) is 5.92 Å². The van der Waals surface area contributed by atoms with Crippen LogP contribution in [0, 0.1) is 5.92 Å². The average Bonchev–Trinajstić information content (AvgIpc) is 3.36. The maximum absolute atomic E-state index is 13.4. The highest BCUT2D eigenvalue weighted by molar-refractivity contribution is 6.04. The van der Waals surface area contributed by atoms with Crippen molar-refractivity contribution in [1.29, 1.82) is 0 Å². The number of rotatable bonds is 5. The molecule has 3 aromatic heterocycles. The van der Waals surface area contributed by atoms with Gasteiger partial charge in [-0.3, -0.25) is 9.59 Å². The fourth-order valence-electron chi connectivity index (χ4n) is 5.57. The zero-order valence-electron chi connectivity index (χ0n) is 22.5. The van der Waals surface area contributed by atoms with Crippen LogP contribution in [0.5, 0.6) is 0 Å². The molecule has 15 heteroatoms. The highest BCUT2D eigenvalue weighted by atomic mass is 19.4. The Kier molecular flexibility index (Phi) is 6.97. The normalized spacial score (nSPS) is 18.8. The average molecular weight is 601 g/mol. The highest BCUT2D eigenvalue weighted by Crippen LogP contribution is 2.44. The molecule has 6 rings (SSSR count). The Morgan fingerprint density at radius 2 is 1.81 bits per heavy atom. The van der Waals surface area contributed by atoms with Gasteiger partial charge in [0.25, 0.3) is 5.91 Å². The molecule has 10 nitrogen and oxygen atoms in total. The molecule has 224 valence electrons. The number of aromatic nitrogens is 5. The molecule has 1 aliphatic heterocycles. The molecule has 1 unspecified atom stereocenters. The van der Waals surface area contributed by atoms with Crippen molar-refractivity contribution in [1.82, 2.24) is 29.5 Å². The number of hydrogen-bond donors (Lipinski definition) is 2. The molecule has 2 aliphatic rings. The second-order valence-electron chi connectivity index (χ2n) is 10.8. The van der Waals surface area contributed by atoms with E-state index >= 15 is 0 Å². The first-order chi connectivity index (χ1) is 20.4. The van der Waals surface area contributed by atoms with Crippen LogP contribution in [0.3, 0.4) is 0 Å². The van der Waals surface area contributed by atoms with Crippen molar-refractivity contribution in [2.75, 3.05) is 24.1 Å². The maximum Gasteiger partial charge on any atom is 0.416 e. The van der Waals surface area contributed by atoms with Crippen LogP contribution in [-0.2, 0) is 11.0 Å². The van der Waals surface area contributed by atoms with Gasteiger partial charge in [0.2, 0.25) is 11.8 Å². The lowest BCUT2D eigenvalue weighted by atomic mass is 9.80. The summed E-state index contributed by atoms with van der Waals surface area (Å²) in [6.07, 6.45) is -1.85. The molecule has 4 heterocycles. The number of hydrogen-bond acceptors (Lipinski definition) is 7. The number of nitrogens with one attached hydrogen (secondary N) is 1. The second kappa shape index (κ2) is 10.5. The van der Waals surface area contributed by atoms with Crippen LogP contribution in [0.4, 0.5) is 33.6 Å². The van der Waals surface area contributed by atoms with Crippen molar-refractivity contribution in [3.63, 3.8) is 0 Å². The third kappa shape index (κ3) is 5.58. The molecule has 0 bridgehead atoms. The summed E-state index contributed by atoms with van der Waals surface area (Å²) < 4.78 is 67.4. The summed E-state index contributed by atoms with van der Waals surface area (Å²) in [4.78, 5) is 39.9. The smallest absolute Gasteiger partial charge is 0.382 e. The predicted molar refractivity (Wildman–Crippen MR) is 144 cm³/mol. The minimum atomic E-state index is -4.58. The first-order valence-corrected chi connectivity index (χ1v) is 13.5. The summed E-state index contributed by atoms with van der Waals surface area (Å²) in [6, 6.07) is 7.74. The number of alkyl halides is 5. The van der Waals surface area contributed by atoms with E-state index in [-0.39, 0.29) is 29.0 Å². The Morgan fingerprint density at radius 3 is 2.51 bits per heavy atom. The van der Waals surface area contributed by atoms with Gasteiger partial charge in [0.05, 0.1) is 5.56 Å². The van der Waals surface area contributed by atoms with Gasteiger partial charge in [0.15, 0.2) is 5.82 Å². The second-order valence-corrected chi connectivity index (χ2v) is 10.8. The number of nitrogen functional groups attached to an aromatic ring is 1. The Bertz CT molecular complexity index is 1700. The van der Waals surface area contributed by atoms with E-state index in [2.05, 4.69) is 20.4 Å². The summed E-state index contributed by atoms with van der Waals surface area (Å²) in [5, 5.41) is 6.71. The zero-order valence-corrected chi connectivity index (χ0v) is 22.5. The number of fused-ring (bicyclic) bond motifs is 1. The van der Waals surface area contributed by atoms with E-state index in [1.807, 2.05) is 0 Å². The molecule has 1 atom stereocenters. The minimum absolute atomic E-state index is 0.154. The number of piperidine rings is 1. The topological polar surface area (TPSA) is 131 Å². The number of imidazole rings is 1. The van der Waals surface area contributed by atoms with Crippen LogP contribution in [-0.4, -0.2) is 60.3 Å². The summed E-state index contributed by atoms with van der Waals surface area (Å²) in [7, 11) is 0. The van der Waals surface area contributed by atoms with Crippen LogP contribution < -0.4 is 11.1 Å². The lowest BCUT2D eigenvalue weighted by Gasteiger charge is -2.40. The van der Waals surface area contributed by atoms with Crippen LogP contribution in [0.15, 0.2) is 48.9 Å². The van der Waals surface area contributed by atoms with Crippen molar-refractivity contribution >= 4 is 29.0 Å². The Morgan fingerprint density at radius 1 is 1.07 bits per heavy atom. The van der Waals surface area contributed by atoms with Gasteiger partial charge in [0, 0.05) is 55.1 Å². The Balaban J connectivity index is 1.24. The number of likely N-dealkylation sites (tertiary alicyclic amines) is 1. The van der Waals surface area contributed by atoms with Crippen LogP contribution >= 0.6 is 0 Å². The third-order valence-corrected chi connectivity index (χ3v) is 7.77. The van der Waals surface area contributed by atoms with Crippen LogP contribution in [0.25, 0.3) is 16.8 Å². The minimum Gasteiger partial charge on any atom is -0.382 e. The van der Waals surface area contributed by atoms with E-state index < -0.39 is 42.3 Å². The molecule has 2 amide bonds. The molecule has 0 spiro atoms. The number of nitrogens with zero attached hydrogens (tertiary/aromatic N) is 6. The molecule has 3 N–H and O–H groups in total. The third-order valence-electron chi connectivity index (χ3n) is 7.77. The van der Waals surface area contributed by atoms with Gasteiger partial charge in [-0.25, -0.2) is 28.2 Å². The molecule has 1 aliphatic carbocycles. The predicted octanol–water partition coefficient (Wildman–Crippen LogP) is 4.79. The maximum atomic E-state index is 13.4. The molecule has 1 aromatic carbocycles. The number of amides is 2. The van der Waals surface area contributed by atoms with Crippen LogP contribution in [0.2, 0.25) is 0 Å². The molecule has 43 heavy (non-hydrogen) atoms. The van der Waals surface area contributed by atoms with Gasteiger partial charge < -0.3 is 16.0 Å². The number of carbonyl (C=O) groups is 2. The number of benzene rings is 1. The molecule has 4 aromatic rings. The van der Waals surface area contributed by atoms with E-state index in [0.717, 1.165) is 18.3 Å². The fraction of sp³-hybridized carbons (Fsp3) is 0.357. The number of carbonyl (C=O) groups excluding carboxylic acids is 2. The van der Waals surface area contributed by atoms with Gasteiger partial charge in [-0.15, -0.1) is 0 Å². The van der Waals surface area contributed by atoms with E-state index in [1.54, 1.807) is 21.5 Å². The zero-order chi connectivity index (χ0) is 30.5. The van der Waals surface area contributed by atoms with Crippen molar-refractivity contribution in [3.05, 3.63) is 65.9 Å². The first-order valence-electron chi connectivity index (χ1n) is 13.5. The first kappa shape index (κ1) is 28.4. The van der Waals surface area contributed by atoms with Gasteiger partial charge in [-0.05, 0) is 37.1 Å². The molecule has 1 saturated carbocycles. The van der Waals surface area contributed by atoms with E-state index in [9.17, 15) is 31.5 Å². The van der Waals surface area contributed by atoms with Gasteiger partial charge in [-0.2, -0.15) is 18.3 Å². The number of halogens is 5. The Labute approximate surface area is 241 Å². The molecule has 1 saturated heterocycles. The number of pyridine rings is 1. The van der Waals surface area contributed by atoms with E-state index in [1.165, 1.54) is 18.5 Å². The molecular formula is C28H25F5N8O2.